The minimum atomic E-state index is 0.278. The van der Waals surface area contributed by atoms with E-state index in [1.807, 2.05) is 0 Å². The van der Waals surface area contributed by atoms with Crippen LogP contribution in [0.2, 0.25) is 0 Å². The van der Waals surface area contributed by atoms with Crippen molar-refractivity contribution in [2.75, 3.05) is 25.1 Å². The number of anilines is 1. The maximum Gasteiger partial charge on any atom is 0.129 e. The molecule has 4 nitrogen and oxygen atoms in total. The number of ether oxygens (including phenoxy) is 1. The van der Waals surface area contributed by atoms with Gasteiger partial charge in [0.2, 0.25) is 0 Å². The summed E-state index contributed by atoms with van der Waals surface area (Å²) in [5.74, 6) is 1.73. The second kappa shape index (κ2) is 7.23. The first kappa shape index (κ1) is 16.2. The normalized spacial score (nSPS) is 22.0. The Morgan fingerprint density at radius 3 is 2.81 bits per heavy atom. The summed E-state index contributed by atoms with van der Waals surface area (Å²) in [5, 5.41) is 3.50. The lowest BCUT2D eigenvalue weighted by Gasteiger charge is -2.28. The number of aromatic nitrogens is 1. The van der Waals surface area contributed by atoms with Gasteiger partial charge in [0.1, 0.15) is 5.82 Å². The quantitative estimate of drug-likeness (QED) is 0.874. The summed E-state index contributed by atoms with van der Waals surface area (Å²) < 4.78 is 5.68. The summed E-state index contributed by atoms with van der Waals surface area (Å²) in [6, 6.07) is 4.79. The molecule has 1 aromatic rings. The van der Waals surface area contributed by atoms with Crippen molar-refractivity contribution in [3.05, 3.63) is 23.4 Å². The summed E-state index contributed by atoms with van der Waals surface area (Å²) in [6.45, 7) is 11.5. The molecule has 1 aliphatic rings. The Morgan fingerprint density at radius 1 is 1.43 bits per heavy atom. The van der Waals surface area contributed by atoms with Crippen molar-refractivity contribution in [3.8, 4) is 0 Å². The Kier molecular flexibility index (Phi) is 5.59. The van der Waals surface area contributed by atoms with E-state index in [4.69, 9.17) is 9.72 Å². The lowest BCUT2D eigenvalue weighted by atomic mass is 10.1. The van der Waals surface area contributed by atoms with Crippen LogP contribution in [0.25, 0.3) is 0 Å². The average molecular weight is 291 g/mol. The first-order valence-electron chi connectivity index (χ1n) is 8.00. The molecule has 0 radical (unpaired) electrons. The van der Waals surface area contributed by atoms with Crippen LogP contribution in [0.4, 0.5) is 5.82 Å². The number of nitrogens with one attached hydrogen (secondary N) is 1. The van der Waals surface area contributed by atoms with Gasteiger partial charge in [0.15, 0.2) is 0 Å². The molecule has 0 aliphatic carbocycles. The highest BCUT2D eigenvalue weighted by Crippen LogP contribution is 2.24. The molecule has 2 atom stereocenters. The topological polar surface area (TPSA) is 37.4 Å². The van der Waals surface area contributed by atoms with Crippen molar-refractivity contribution >= 4 is 5.82 Å². The van der Waals surface area contributed by atoms with Gasteiger partial charge in [-0.15, -0.1) is 0 Å². The summed E-state index contributed by atoms with van der Waals surface area (Å²) in [7, 11) is 2.13. The number of nitrogens with zero attached hydrogens (tertiary/aromatic N) is 2. The van der Waals surface area contributed by atoms with Crippen molar-refractivity contribution in [1.29, 1.82) is 0 Å². The van der Waals surface area contributed by atoms with Gasteiger partial charge < -0.3 is 15.0 Å². The van der Waals surface area contributed by atoms with Crippen molar-refractivity contribution in [3.63, 3.8) is 0 Å². The molecule has 0 spiro atoms. The second-order valence-corrected chi connectivity index (χ2v) is 6.54. The largest absolute Gasteiger partial charge is 0.376 e. The molecule has 4 heteroatoms. The summed E-state index contributed by atoms with van der Waals surface area (Å²) in [6.07, 6.45) is 1.36. The van der Waals surface area contributed by atoms with E-state index in [1.54, 1.807) is 0 Å². The van der Waals surface area contributed by atoms with Gasteiger partial charge in [-0.2, -0.15) is 0 Å². The first-order valence-corrected chi connectivity index (χ1v) is 8.00. The van der Waals surface area contributed by atoms with Gasteiger partial charge in [-0.3, -0.25) is 0 Å². The molecule has 2 rings (SSSR count). The highest BCUT2D eigenvalue weighted by Gasteiger charge is 2.28. The zero-order valence-electron chi connectivity index (χ0n) is 14.0. The number of pyridine rings is 1. The highest BCUT2D eigenvalue weighted by molar-refractivity contribution is 5.43. The summed E-state index contributed by atoms with van der Waals surface area (Å²) in [5.41, 5.74) is 2.38. The van der Waals surface area contributed by atoms with Gasteiger partial charge >= 0.3 is 0 Å². The van der Waals surface area contributed by atoms with E-state index in [0.717, 1.165) is 37.6 Å². The van der Waals surface area contributed by atoms with Gasteiger partial charge in [0, 0.05) is 25.9 Å². The lowest BCUT2D eigenvalue weighted by molar-refractivity contribution is 0.118. The van der Waals surface area contributed by atoms with E-state index < -0.39 is 0 Å². The maximum atomic E-state index is 5.68. The van der Waals surface area contributed by atoms with Crippen LogP contribution in [0.3, 0.4) is 0 Å². The molecule has 1 fully saturated rings. The standard InChI is InChI=1S/C17H29N3O/c1-12(2)10-18-11-15-8-13(3)19-17(9-15)20(5)16-6-7-21-14(16)4/h8-9,12,14,16,18H,6-7,10-11H2,1-5H3. The Balaban J connectivity index is 2.07. The van der Waals surface area contributed by atoms with Crippen LogP contribution in [0.1, 0.15) is 38.4 Å². The average Bonchev–Trinajstić information content (AvgIpc) is 2.83. The lowest BCUT2D eigenvalue weighted by Crippen LogP contribution is -2.37. The molecule has 2 unspecified atom stereocenters. The number of rotatable bonds is 6. The molecule has 0 amide bonds. The fraction of sp³-hybridized carbons (Fsp3) is 0.706. The van der Waals surface area contributed by atoms with Crippen molar-refractivity contribution in [2.45, 2.75) is 52.8 Å². The molecular weight excluding hydrogens is 262 g/mol. The van der Waals surface area contributed by atoms with E-state index in [9.17, 15) is 0 Å². The summed E-state index contributed by atoms with van der Waals surface area (Å²) in [4.78, 5) is 6.97. The molecule has 1 saturated heterocycles. The predicted octanol–water partition coefficient (Wildman–Crippen LogP) is 2.75. The van der Waals surface area contributed by atoms with Crippen molar-refractivity contribution < 1.29 is 4.74 Å². The van der Waals surface area contributed by atoms with Crippen LogP contribution < -0.4 is 10.2 Å². The maximum absolute atomic E-state index is 5.68. The number of hydrogen-bond donors (Lipinski definition) is 1. The van der Waals surface area contributed by atoms with Gasteiger partial charge in [-0.1, -0.05) is 13.8 Å². The minimum Gasteiger partial charge on any atom is -0.376 e. The molecule has 1 aliphatic heterocycles. The van der Waals surface area contributed by atoms with Gasteiger partial charge in [-0.05, 0) is 50.4 Å². The van der Waals surface area contributed by atoms with Gasteiger partial charge in [0.25, 0.3) is 0 Å². The number of likely N-dealkylation sites (N-methyl/N-ethyl adjacent to an activating group) is 1. The molecule has 118 valence electrons. The van der Waals surface area contributed by atoms with E-state index in [-0.39, 0.29) is 6.10 Å². The van der Waals surface area contributed by atoms with Crippen LogP contribution in [0.15, 0.2) is 12.1 Å². The second-order valence-electron chi connectivity index (χ2n) is 6.54. The minimum absolute atomic E-state index is 0.278. The number of aryl methyl sites for hydroxylation is 1. The van der Waals surface area contributed by atoms with Gasteiger partial charge in [0.05, 0.1) is 12.1 Å². The molecular formula is C17H29N3O. The molecule has 2 heterocycles. The zero-order valence-corrected chi connectivity index (χ0v) is 14.0. The molecule has 1 aromatic heterocycles. The fourth-order valence-electron chi connectivity index (χ4n) is 2.91. The summed E-state index contributed by atoms with van der Waals surface area (Å²) >= 11 is 0. The van der Waals surface area contributed by atoms with Crippen LogP contribution in [0, 0.1) is 12.8 Å². The van der Waals surface area contributed by atoms with Crippen LogP contribution in [0.5, 0.6) is 0 Å². The third kappa shape index (κ3) is 4.42. The highest BCUT2D eigenvalue weighted by atomic mass is 16.5. The fourth-order valence-corrected chi connectivity index (χ4v) is 2.91. The van der Waals surface area contributed by atoms with Crippen molar-refractivity contribution in [1.82, 2.24) is 10.3 Å². The van der Waals surface area contributed by atoms with Crippen molar-refractivity contribution in [2.24, 2.45) is 5.92 Å². The van der Waals surface area contributed by atoms with E-state index >= 15 is 0 Å². The van der Waals surface area contributed by atoms with Crippen LogP contribution in [-0.4, -0.2) is 37.3 Å². The third-order valence-corrected chi connectivity index (χ3v) is 4.08. The van der Waals surface area contributed by atoms with Crippen LogP contribution >= 0.6 is 0 Å². The van der Waals surface area contributed by atoms with Gasteiger partial charge in [-0.25, -0.2) is 4.98 Å². The smallest absolute Gasteiger partial charge is 0.129 e. The van der Waals surface area contributed by atoms with E-state index in [2.05, 4.69) is 57.1 Å². The number of hydrogen-bond acceptors (Lipinski definition) is 4. The van der Waals surface area contributed by atoms with Crippen LogP contribution in [-0.2, 0) is 11.3 Å². The Bertz CT molecular complexity index is 461. The predicted molar refractivity (Wildman–Crippen MR) is 87.7 cm³/mol. The Hall–Kier alpha value is -1.13. The molecule has 0 aromatic carbocycles. The van der Waals surface area contributed by atoms with E-state index in [1.165, 1.54) is 5.56 Å². The molecule has 0 bridgehead atoms. The molecule has 1 N–H and O–H groups in total. The molecule has 21 heavy (non-hydrogen) atoms. The Labute approximate surface area is 128 Å². The first-order chi connectivity index (χ1) is 9.97. The SMILES string of the molecule is Cc1cc(CNCC(C)C)cc(N(C)C2CCOC2C)n1. The van der Waals surface area contributed by atoms with E-state index in [0.29, 0.717) is 12.0 Å². The third-order valence-electron chi connectivity index (χ3n) is 4.08. The Morgan fingerprint density at radius 2 is 2.19 bits per heavy atom. The zero-order chi connectivity index (χ0) is 15.4. The monoisotopic (exact) mass is 291 g/mol. The molecule has 0 saturated carbocycles.